The Bertz CT molecular complexity index is 1010. The van der Waals surface area contributed by atoms with Crippen molar-refractivity contribution in [2.75, 3.05) is 4.72 Å². The van der Waals surface area contributed by atoms with Gasteiger partial charge in [0.25, 0.3) is 10.0 Å². The molecule has 9 heteroatoms. The minimum Gasteiger partial charge on any atom is -0.358 e. The molecule has 0 saturated carbocycles. The van der Waals surface area contributed by atoms with E-state index in [1.54, 1.807) is 24.4 Å². The van der Waals surface area contributed by atoms with Gasteiger partial charge in [-0.05, 0) is 23.8 Å². The molecular weight excluding hydrogens is 372 g/mol. The fraction of sp³-hybridized carbons (Fsp3) is 0.0667. The lowest BCUT2D eigenvalue weighted by Gasteiger charge is -2.09. The molecule has 0 bridgehead atoms. The number of anilines is 1. The van der Waals surface area contributed by atoms with Crippen LogP contribution in [0.5, 0.6) is 0 Å². The van der Waals surface area contributed by atoms with Crippen molar-refractivity contribution in [3.05, 3.63) is 59.2 Å². The molecule has 0 aliphatic carbocycles. The fourth-order valence-corrected chi connectivity index (χ4v) is 4.08. The van der Waals surface area contributed by atoms with E-state index in [1.807, 2.05) is 0 Å². The lowest BCUT2D eigenvalue weighted by molar-refractivity contribution is 0.563. The average molecular weight is 385 g/mol. The number of hydrogen-bond donors (Lipinski definition) is 3. The highest BCUT2D eigenvalue weighted by atomic mass is 35.5. The molecule has 1 aromatic heterocycles. The van der Waals surface area contributed by atoms with Crippen LogP contribution in [0.3, 0.4) is 0 Å². The third kappa shape index (κ3) is 3.46. The number of hydrogen-bond acceptors (Lipinski definition) is 3. The second-order valence-electron chi connectivity index (χ2n) is 5.08. The molecule has 0 spiro atoms. The second-order valence-corrected chi connectivity index (χ2v) is 8.10. The largest absolute Gasteiger partial charge is 0.358 e. The lowest BCUT2D eigenvalue weighted by atomic mass is 10.2. The maximum absolute atomic E-state index is 12.5. The summed E-state index contributed by atoms with van der Waals surface area (Å²) in [4.78, 5) is 3.00. The molecule has 0 aliphatic rings. The van der Waals surface area contributed by atoms with Gasteiger partial charge in [0.1, 0.15) is 0 Å². The Balaban J connectivity index is 1.91. The average Bonchev–Trinajstić information content (AvgIpc) is 2.90. The molecule has 24 heavy (non-hydrogen) atoms. The Labute approximate surface area is 146 Å². The Morgan fingerprint density at radius 3 is 2.54 bits per heavy atom. The predicted octanol–water partition coefficient (Wildman–Crippen LogP) is 3.34. The fourth-order valence-electron chi connectivity index (χ4n) is 2.32. The minimum atomic E-state index is -3.79. The van der Waals surface area contributed by atoms with Gasteiger partial charge in [0.05, 0.1) is 26.9 Å². The summed E-state index contributed by atoms with van der Waals surface area (Å²) in [5, 5.41) is 1.23. The zero-order chi connectivity index (χ0) is 17.3. The number of benzene rings is 2. The lowest BCUT2D eigenvalue weighted by Crippen LogP contribution is -2.13. The summed E-state index contributed by atoms with van der Waals surface area (Å²) in [6.07, 6.45) is 1.59. The van der Waals surface area contributed by atoms with Gasteiger partial charge in [-0.15, -0.1) is 0 Å². The van der Waals surface area contributed by atoms with Crippen LogP contribution in [-0.2, 0) is 26.9 Å². The Hall–Kier alpha value is -1.87. The van der Waals surface area contributed by atoms with Crippen LogP contribution in [0.4, 0.5) is 5.69 Å². The van der Waals surface area contributed by atoms with Gasteiger partial charge >= 0.3 is 0 Å². The van der Waals surface area contributed by atoms with Gasteiger partial charge in [-0.2, -0.15) is 0 Å². The van der Waals surface area contributed by atoms with Crippen molar-refractivity contribution >= 4 is 49.3 Å². The Morgan fingerprint density at radius 1 is 1.17 bits per heavy atom. The summed E-state index contributed by atoms with van der Waals surface area (Å²) >= 11 is 4.07. The Kier molecular flexibility index (Phi) is 4.64. The van der Waals surface area contributed by atoms with Crippen LogP contribution in [0, 0.1) is 0 Å². The van der Waals surface area contributed by atoms with Gasteiger partial charge in [-0.25, -0.2) is 12.6 Å². The van der Waals surface area contributed by atoms with E-state index in [-0.39, 0.29) is 10.6 Å². The molecule has 0 fully saturated rings. The molecule has 1 atom stereocenters. The van der Waals surface area contributed by atoms with Crippen molar-refractivity contribution in [3.63, 3.8) is 0 Å². The normalized spacial score (nSPS) is 13.1. The number of rotatable bonds is 5. The van der Waals surface area contributed by atoms with E-state index < -0.39 is 21.1 Å². The molecule has 0 saturated heterocycles. The van der Waals surface area contributed by atoms with Crippen molar-refractivity contribution in [1.29, 1.82) is 0 Å². The summed E-state index contributed by atoms with van der Waals surface area (Å²) in [5.41, 5.74) is 1.56. The zero-order valence-corrected chi connectivity index (χ0v) is 14.6. The first-order valence-electron chi connectivity index (χ1n) is 6.81. The van der Waals surface area contributed by atoms with Crippen molar-refractivity contribution in [3.8, 4) is 0 Å². The van der Waals surface area contributed by atoms with Gasteiger partial charge in [0, 0.05) is 11.6 Å². The molecule has 126 valence electrons. The van der Waals surface area contributed by atoms with Gasteiger partial charge in [-0.1, -0.05) is 35.9 Å². The number of aromatic amines is 1. The van der Waals surface area contributed by atoms with Gasteiger partial charge < -0.3 is 9.54 Å². The van der Waals surface area contributed by atoms with Crippen LogP contribution in [0.1, 0.15) is 5.56 Å². The molecular formula is C15H13ClN2O4S2. The number of halogens is 1. The van der Waals surface area contributed by atoms with Crippen LogP contribution in [0.2, 0.25) is 5.02 Å². The van der Waals surface area contributed by atoms with E-state index in [2.05, 4.69) is 9.71 Å². The Morgan fingerprint density at radius 2 is 1.88 bits per heavy atom. The third-order valence-corrected chi connectivity index (χ3v) is 5.71. The van der Waals surface area contributed by atoms with Crippen LogP contribution in [-0.4, -0.2) is 22.2 Å². The quantitative estimate of drug-likeness (QED) is 0.587. The standard InChI is InChI=1S/C15H13ClN2O4S2/c16-13-8-17-15-12(13)2-1-3-14(15)18-24(21,22)11-6-4-10(5-7-11)9-23(19)20/h1-8,17-18H,9H2,(H,19,20). The number of aromatic nitrogens is 1. The molecule has 2 aromatic carbocycles. The van der Waals surface area contributed by atoms with Crippen LogP contribution in [0.15, 0.2) is 53.6 Å². The molecule has 1 heterocycles. The van der Waals surface area contributed by atoms with Crippen molar-refractivity contribution in [2.24, 2.45) is 0 Å². The molecule has 3 aromatic rings. The minimum absolute atomic E-state index is 0.0476. The molecule has 0 radical (unpaired) electrons. The maximum Gasteiger partial charge on any atom is 0.261 e. The summed E-state index contributed by atoms with van der Waals surface area (Å²) < 4.78 is 47.2. The zero-order valence-electron chi connectivity index (χ0n) is 12.2. The SMILES string of the molecule is O=S(O)Cc1ccc(S(=O)(=O)Nc2cccc3c(Cl)c[nH]c23)cc1. The smallest absolute Gasteiger partial charge is 0.261 e. The van der Waals surface area contributed by atoms with Crippen molar-refractivity contribution < 1.29 is 17.2 Å². The van der Waals surface area contributed by atoms with Crippen molar-refractivity contribution in [1.82, 2.24) is 4.98 Å². The van der Waals surface area contributed by atoms with E-state index >= 15 is 0 Å². The molecule has 3 rings (SSSR count). The summed E-state index contributed by atoms with van der Waals surface area (Å²) in [5.74, 6) is -0.0476. The van der Waals surface area contributed by atoms with E-state index in [1.165, 1.54) is 24.3 Å². The summed E-state index contributed by atoms with van der Waals surface area (Å²) in [7, 11) is -3.79. The molecule has 0 aliphatic heterocycles. The highest BCUT2D eigenvalue weighted by Gasteiger charge is 2.16. The van der Waals surface area contributed by atoms with Crippen LogP contribution >= 0.6 is 11.6 Å². The number of nitrogens with one attached hydrogen (secondary N) is 2. The molecule has 6 nitrogen and oxygen atoms in total. The number of sulfonamides is 1. The third-order valence-electron chi connectivity index (χ3n) is 3.43. The molecule has 1 unspecified atom stereocenters. The highest BCUT2D eigenvalue weighted by Crippen LogP contribution is 2.29. The summed E-state index contributed by atoms with van der Waals surface area (Å²) in [6.45, 7) is 0. The number of fused-ring (bicyclic) bond motifs is 1. The first-order valence-corrected chi connectivity index (χ1v) is 9.95. The highest BCUT2D eigenvalue weighted by molar-refractivity contribution is 7.92. The van der Waals surface area contributed by atoms with E-state index in [0.29, 0.717) is 21.8 Å². The van der Waals surface area contributed by atoms with Gasteiger partial charge in [0.15, 0.2) is 11.1 Å². The van der Waals surface area contributed by atoms with Gasteiger partial charge in [-0.3, -0.25) is 4.72 Å². The first-order chi connectivity index (χ1) is 11.4. The van der Waals surface area contributed by atoms with Gasteiger partial charge in [0.2, 0.25) is 0 Å². The van der Waals surface area contributed by atoms with E-state index in [0.717, 1.165) is 5.39 Å². The molecule has 0 amide bonds. The monoisotopic (exact) mass is 384 g/mol. The van der Waals surface area contributed by atoms with E-state index in [9.17, 15) is 12.6 Å². The topological polar surface area (TPSA) is 99.3 Å². The molecule has 3 N–H and O–H groups in total. The second kappa shape index (κ2) is 6.56. The van der Waals surface area contributed by atoms with Crippen molar-refractivity contribution in [2.45, 2.75) is 10.6 Å². The predicted molar refractivity (Wildman–Crippen MR) is 95.0 cm³/mol. The van der Waals surface area contributed by atoms with Crippen LogP contribution in [0.25, 0.3) is 10.9 Å². The number of para-hydroxylation sites is 1. The first kappa shape index (κ1) is 17.0. The van der Waals surface area contributed by atoms with E-state index in [4.69, 9.17) is 16.2 Å². The maximum atomic E-state index is 12.5. The number of H-pyrrole nitrogens is 1. The summed E-state index contributed by atoms with van der Waals surface area (Å²) in [6, 6.07) is 10.9. The van der Waals surface area contributed by atoms with Crippen LogP contribution < -0.4 is 4.72 Å².